The number of hydrogen-bond acceptors (Lipinski definition) is 4. The highest BCUT2D eigenvalue weighted by Gasteiger charge is 2.34. The molecule has 0 spiro atoms. The van der Waals surface area contributed by atoms with E-state index < -0.39 is 28.5 Å². The SMILES string of the molecule is CCNC(=O)C(Cc1ccccc1)N(Cc1c(Cl)cccc1Cl)C(=O)CN(c1ccc(Cl)cc1C)S(C)(=O)=O. The lowest BCUT2D eigenvalue weighted by Gasteiger charge is -2.34. The molecule has 0 aliphatic rings. The Labute approximate surface area is 244 Å². The predicted molar refractivity (Wildman–Crippen MR) is 158 cm³/mol. The minimum Gasteiger partial charge on any atom is -0.355 e. The smallest absolute Gasteiger partial charge is 0.244 e. The minimum absolute atomic E-state index is 0.108. The van der Waals surface area contributed by atoms with Gasteiger partial charge in [-0.1, -0.05) is 71.2 Å². The molecule has 39 heavy (non-hydrogen) atoms. The fourth-order valence-corrected chi connectivity index (χ4v) is 5.84. The van der Waals surface area contributed by atoms with Gasteiger partial charge in [0.25, 0.3) is 0 Å². The van der Waals surface area contributed by atoms with Crippen LogP contribution in [-0.2, 0) is 32.6 Å². The lowest BCUT2D eigenvalue weighted by Crippen LogP contribution is -2.53. The van der Waals surface area contributed by atoms with Crippen molar-refractivity contribution in [2.45, 2.75) is 32.9 Å². The summed E-state index contributed by atoms with van der Waals surface area (Å²) in [6.45, 7) is 3.18. The third kappa shape index (κ3) is 8.11. The van der Waals surface area contributed by atoms with Crippen LogP contribution >= 0.6 is 34.8 Å². The lowest BCUT2D eigenvalue weighted by molar-refractivity contribution is -0.140. The number of anilines is 1. The van der Waals surface area contributed by atoms with Crippen molar-refractivity contribution >= 4 is 62.3 Å². The molecule has 0 bridgehead atoms. The Morgan fingerprint density at radius 1 is 0.949 bits per heavy atom. The first-order valence-electron chi connectivity index (χ1n) is 12.2. The maximum Gasteiger partial charge on any atom is 0.244 e. The van der Waals surface area contributed by atoms with E-state index in [2.05, 4.69) is 5.32 Å². The van der Waals surface area contributed by atoms with Crippen LogP contribution in [0.2, 0.25) is 15.1 Å². The molecule has 2 amide bonds. The van der Waals surface area contributed by atoms with E-state index in [1.54, 1.807) is 50.2 Å². The van der Waals surface area contributed by atoms with Crippen LogP contribution < -0.4 is 9.62 Å². The number of nitrogens with one attached hydrogen (secondary N) is 1. The van der Waals surface area contributed by atoms with Gasteiger partial charge in [-0.25, -0.2) is 8.42 Å². The predicted octanol–water partition coefficient (Wildman–Crippen LogP) is 5.50. The summed E-state index contributed by atoms with van der Waals surface area (Å²) >= 11 is 19.0. The van der Waals surface area contributed by atoms with E-state index in [9.17, 15) is 18.0 Å². The molecule has 3 aromatic carbocycles. The molecule has 0 saturated heterocycles. The molecule has 7 nitrogen and oxygen atoms in total. The van der Waals surface area contributed by atoms with Crippen molar-refractivity contribution in [2.75, 3.05) is 23.7 Å². The number of rotatable bonds is 11. The Balaban J connectivity index is 2.10. The standard InChI is InChI=1S/C28H30Cl3N3O4S/c1-4-32-28(36)26(16-20-9-6-5-7-10-20)33(17-22-23(30)11-8-12-24(22)31)27(35)18-34(39(3,37)38)25-14-13-21(29)15-19(25)2/h5-15,26H,4,16-18H2,1-3H3,(H,32,36). The minimum atomic E-state index is -3.90. The van der Waals surface area contributed by atoms with Crippen LogP contribution in [0.1, 0.15) is 23.6 Å². The summed E-state index contributed by atoms with van der Waals surface area (Å²) in [6, 6.07) is 18.0. The highest BCUT2D eigenvalue weighted by atomic mass is 35.5. The zero-order chi connectivity index (χ0) is 28.7. The van der Waals surface area contributed by atoms with Crippen LogP contribution in [0.5, 0.6) is 0 Å². The second-order valence-corrected chi connectivity index (χ2v) is 12.2. The average molecular weight is 611 g/mol. The molecule has 0 heterocycles. The zero-order valence-corrected chi connectivity index (χ0v) is 24.9. The number of likely N-dealkylation sites (N-methyl/N-ethyl adjacent to an activating group) is 1. The van der Waals surface area contributed by atoms with Crippen molar-refractivity contribution in [3.63, 3.8) is 0 Å². The molecule has 208 valence electrons. The first-order chi connectivity index (χ1) is 18.4. The van der Waals surface area contributed by atoms with Crippen LogP contribution in [0.4, 0.5) is 5.69 Å². The van der Waals surface area contributed by atoms with Gasteiger partial charge in [0.1, 0.15) is 12.6 Å². The van der Waals surface area contributed by atoms with E-state index in [4.69, 9.17) is 34.8 Å². The van der Waals surface area contributed by atoms with E-state index in [-0.39, 0.29) is 18.9 Å². The van der Waals surface area contributed by atoms with Gasteiger partial charge in [-0.05, 0) is 55.3 Å². The van der Waals surface area contributed by atoms with Crippen LogP contribution in [-0.4, -0.2) is 50.5 Å². The third-order valence-electron chi connectivity index (χ3n) is 6.12. The highest BCUT2D eigenvalue weighted by Crippen LogP contribution is 2.29. The monoisotopic (exact) mass is 609 g/mol. The molecule has 1 N–H and O–H groups in total. The summed E-state index contributed by atoms with van der Waals surface area (Å²) in [4.78, 5) is 28.8. The van der Waals surface area contributed by atoms with Crippen LogP contribution in [0, 0.1) is 6.92 Å². The molecule has 1 atom stereocenters. The van der Waals surface area contributed by atoms with Gasteiger partial charge < -0.3 is 10.2 Å². The van der Waals surface area contributed by atoms with Gasteiger partial charge >= 0.3 is 0 Å². The number of sulfonamides is 1. The van der Waals surface area contributed by atoms with Crippen molar-refractivity contribution in [2.24, 2.45) is 0 Å². The zero-order valence-electron chi connectivity index (χ0n) is 21.8. The number of nitrogens with zero attached hydrogens (tertiary/aromatic N) is 2. The molecule has 3 aromatic rings. The van der Waals surface area contributed by atoms with Gasteiger partial charge in [0.2, 0.25) is 21.8 Å². The number of aryl methyl sites for hydroxylation is 1. The molecule has 0 radical (unpaired) electrons. The van der Waals surface area contributed by atoms with Gasteiger partial charge in [0.15, 0.2) is 0 Å². The molecule has 0 aliphatic carbocycles. The molecule has 0 saturated carbocycles. The van der Waals surface area contributed by atoms with E-state index in [1.807, 2.05) is 30.3 Å². The van der Waals surface area contributed by atoms with Crippen LogP contribution in [0.3, 0.4) is 0 Å². The number of carbonyl (C=O) groups is 2. The summed E-state index contributed by atoms with van der Waals surface area (Å²) < 4.78 is 26.8. The van der Waals surface area contributed by atoms with Crippen LogP contribution in [0.25, 0.3) is 0 Å². The van der Waals surface area contributed by atoms with Crippen molar-refractivity contribution in [1.29, 1.82) is 0 Å². The van der Waals surface area contributed by atoms with Crippen molar-refractivity contribution in [1.82, 2.24) is 10.2 Å². The number of hydrogen-bond donors (Lipinski definition) is 1. The fraction of sp³-hybridized carbons (Fsp3) is 0.286. The Bertz CT molecular complexity index is 1410. The normalized spacial score (nSPS) is 12.1. The maximum atomic E-state index is 14.0. The van der Waals surface area contributed by atoms with Crippen molar-refractivity contribution in [3.05, 3.63) is 98.5 Å². The summed E-state index contributed by atoms with van der Waals surface area (Å²) in [7, 11) is -3.90. The Morgan fingerprint density at radius 3 is 2.15 bits per heavy atom. The fourth-order valence-electron chi connectivity index (χ4n) is 4.19. The summed E-state index contributed by atoms with van der Waals surface area (Å²) in [5.74, 6) is -0.982. The topological polar surface area (TPSA) is 86.8 Å². The van der Waals surface area contributed by atoms with E-state index in [0.717, 1.165) is 16.1 Å². The number of benzene rings is 3. The molecule has 1 unspecified atom stereocenters. The third-order valence-corrected chi connectivity index (χ3v) is 8.19. The summed E-state index contributed by atoms with van der Waals surface area (Å²) in [6.07, 6.45) is 1.22. The van der Waals surface area contributed by atoms with Gasteiger partial charge in [-0.2, -0.15) is 0 Å². The summed E-state index contributed by atoms with van der Waals surface area (Å²) in [5.41, 5.74) is 2.16. The Hall–Kier alpha value is -2.78. The first kappa shape index (κ1) is 30.8. The molecule has 11 heteroatoms. The van der Waals surface area contributed by atoms with Gasteiger partial charge in [0, 0.05) is 40.1 Å². The van der Waals surface area contributed by atoms with Gasteiger partial charge in [-0.3, -0.25) is 13.9 Å². The molecule has 0 aliphatic heterocycles. The largest absolute Gasteiger partial charge is 0.355 e. The Kier molecular flexibility index (Phi) is 10.7. The van der Waals surface area contributed by atoms with E-state index in [0.29, 0.717) is 38.4 Å². The molecule has 0 fully saturated rings. The van der Waals surface area contributed by atoms with Gasteiger partial charge in [0.05, 0.1) is 11.9 Å². The molecular weight excluding hydrogens is 581 g/mol. The quantitative estimate of drug-likeness (QED) is 0.311. The highest BCUT2D eigenvalue weighted by molar-refractivity contribution is 7.92. The first-order valence-corrected chi connectivity index (χ1v) is 15.2. The second-order valence-electron chi connectivity index (χ2n) is 9.02. The van der Waals surface area contributed by atoms with E-state index in [1.165, 1.54) is 4.90 Å². The maximum absolute atomic E-state index is 14.0. The average Bonchev–Trinajstić information content (AvgIpc) is 2.86. The molecular formula is C28H30Cl3N3O4S. The van der Waals surface area contributed by atoms with Gasteiger partial charge in [-0.15, -0.1) is 0 Å². The van der Waals surface area contributed by atoms with Crippen molar-refractivity contribution < 1.29 is 18.0 Å². The van der Waals surface area contributed by atoms with Crippen molar-refractivity contribution in [3.8, 4) is 0 Å². The second kappa shape index (κ2) is 13.5. The Morgan fingerprint density at radius 2 is 1.59 bits per heavy atom. The molecule has 0 aromatic heterocycles. The molecule has 3 rings (SSSR count). The summed E-state index contributed by atoms with van der Waals surface area (Å²) in [5, 5.41) is 3.88. The number of halogens is 3. The number of amides is 2. The van der Waals surface area contributed by atoms with E-state index >= 15 is 0 Å². The van der Waals surface area contributed by atoms with Crippen LogP contribution in [0.15, 0.2) is 66.7 Å². The number of carbonyl (C=O) groups excluding carboxylic acids is 2. The lowest BCUT2D eigenvalue weighted by atomic mass is 10.0.